The van der Waals surface area contributed by atoms with Crippen molar-refractivity contribution in [2.75, 3.05) is 12.8 Å². The molecule has 1 rings (SSSR count). The van der Waals surface area contributed by atoms with E-state index in [9.17, 15) is 18.0 Å². The number of hydrogen-bond acceptors (Lipinski definition) is 4. The second kappa shape index (κ2) is 5.54. The molecule has 19 heavy (non-hydrogen) atoms. The summed E-state index contributed by atoms with van der Waals surface area (Å²) in [5, 5.41) is 2.57. The molecule has 0 fully saturated rings. The first-order valence-electron chi connectivity index (χ1n) is 5.55. The van der Waals surface area contributed by atoms with Crippen molar-refractivity contribution in [1.29, 1.82) is 0 Å². The summed E-state index contributed by atoms with van der Waals surface area (Å²) in [6.45, 7) is 3.39. The minimum Gasteiger partial charge on any atom is -0.350 e. The minimum absolute atomic E-state index is 0.103. The van der Waals surface area contributed by atoms with Gasteiger partial charge in [0.1, 0.15) is 0 Å². The quantitative estimate of drug-likeness (QED) is 0.674. The molecule has 0 saturated carbocycles. The van der Waals surface area contributed by atoms with E-state index in [4.69, 9.17) is 0 Å². The maximum absolute atomic E-state index is 11.8. The molecule has 0 unspecified atom stereocenters. The molecule has 0 bridgehead atoms. The van der Waals surface area contributed by atoms with Crippen LogP contribution in [-0.2, 0) is 10.0 Å². The van der Waals surface area contributed by atoms with E-state index >= 15 is 0 Å². The van der Waals surface area contributed by atoms with Crippen LogP contribution in [0.5, 0.6) is 0 Å². The zero-order valence-electron chi connectivity index (χ0n) is 11.0. The van der Waals surface area contributed by atoms with Crippen LogP contribution >= 0.6 is 0 Å². The Morgan fingerprint density at radius 3 is 2.58 bits per heavy atom. The fourth-order valence-electron chi connectivity index (χ4n) is 1.53. The Morgan fingerprint density at radius 2 is 2.05 bits per heavy atom. The van der Waals surface area contributed by atoms with Crippen molar-refractivity contribution < 1.29 is 13.2 Å². The lowest BCUT2D eigenvalue weighted by molar-refractivity contribution is 0.0944. The molecule has 1 aromatic heterocycles. The Hall–Kier alpha value is -1.67. The lowest BCUT2D eigenvalue weighted by Crippen LogP contribution is -2.51. The number of amides is 1. The highest BCUT2D eigenvalue weighted by Gasteiger charge is 2.23. The van der Waals surface area contributed by atoms with Gasteiger partial charge in [-0.25, -0.2) is 13.1 Å². The SMILES string of the molecule is CC(C)(CNC(=O)c1cc[nH]c(=O)c1)NS(C)(=O)=O. The van der Waals surface area contributed by atoms with E-state index in [1.165, 1.54) is 18.3 Å². The average molecular weight is 287 g/mol. The monoisotopic (exact) mass is 287 g/mol. The first-order chi connectivity index (χ1) is 8.59. The molecular formula is C11H17N3O4S. The second-order valence-electron chi connectivity index (χ2n) is 4.88. The number of pyridine rings is 1. The average Bonchev–Trinajstić information content (AvgIpc) is 2.22. The van der Waals surface area contributed by atoms with Crippen molar-refractivity contribution in [2.45, 2.75) is 19.4 Å². The number of rotatable bonds is 5. The summed E-state index contributed by atoms with van der Waals surface area (Å²) in [4.78, 5) is 25.2. The Morgan fingerprint density at radius 1 is 1.42 bits per heavy atom. The number of nitrogens with one attached hydrogen (secondary N) is 3. The summed E-state index contributed by atoms with van der Waals surface area (Å²) in [5.74, 6) is -0.436. The maximum atomic E-state index is 11.8. The van der Waals surface area contributed by atoms with Gasteiger partial charge < -0.3 is 10.3 Å². The van der Waals surface area contributed by atoms with Gasteiger partial charge in [0.2, 0.25) is 15.6 Å². The molecule has 0 aliphatic rings. The van der Waals surface area contributed by atoms with Crippen LogP contribution in [0.4, 0.5) is 0 Å². The van der Waals surface area contributed by atoms with Gasteiger partial charge in [-0.1, -0.05) is 0 Å². The number of carbonyl (C=O) groups is 1. The van der Waals surface area contributed by atoms with E-state index in [2.05, 4.69) is 15.0 Å². The summed E-state index contributed by atoms with van der Waals surface area (Å²) in [6, 6.07) is 2.64. The largest absolute Gasteiger partial charge is 0.350 e. The topological polar surface area (TPSA) is 108 Å². The van der Waals surface area contributed by atoms with E-state index in [1.54, 1.807) is 13.8 Å². The lowest BCUT2D eigenvalue weighted by atomic mass is 10.1. The predicted octanol–water partition coefficient (Wildman–Crippen LogP) is -0.567. The normalized spacial score (nSPS) is 12.2. The van der Waals surface area contributed by atoms with E-state index in [-0.39, 0.29) is 17.7 Å². The molecular weight excluding hydrogens is 270 g/mol. The molecule has 0 radical (unpaired) electrons. The Kier molecular flexibility index (Phi) is 4.48. The first kappa shape index (κ1) is 15.4. The number of aromatic nitrogens is 1. The molecule has 0 spiro atoms. The molecule has 1 amide bonds. The van der Waals surface area contributed by atoms with Gasteiger partial charge in [-0.05, 0) is 19.9 Å². The summed E-state index contributed by atoms with van der Waals surface area (Å²) in [5.41, 5.74) is -0.968. The van der Waals surface area contributed by atoms with Gasteiger partial charge >= 0.3 is 0 Å². The summed E-state index contributed by atoms with van der Waals surface area (Å²) >= 11 is 0. The molecule has 3 N–H and O–H groups in total. The van der Waals surface area contributed by atoms with Crippen molar-refractivity contribution in [3.63, 3.8) is 0 Å². The van der Waals surface area contributed by atoms with E-state index < -0.39 is 21.5 Å². The van der Waals surface area contributed by atoms with Crippen molar-refractivity contribution in [2.24, 2.45) is 0 Å². The summed E-state index contributed by atoms with van der Waals surface area (Å²) < 4.78 is 24.7. The van der Waals surface area contributed by atoms with Gasteiger partial charge in [-0.2, -0.15) is 0 Å². The molecule has 0 atom stereocenters. The van der Waals surface area contributed by atoms with Gasteiger partial charge in [0.05, 0.1) is 6.26 Å². The molecule has 0 aliphatic carbocycles. The number of hydrogen-bond donors (Lipinski definition) is 3. The molecule has 7 nitrogen and oxygen atoms in total. The van der Waals surface area contributed by atoms with E-state index in [1.807, 2.05) is 0 Å². The first-order valence-corrected chi connectivity index (χ1v) is 7.44. The fraction of sp³-hybridized carbons (Fsp3) is 0.455. The smallest absolute Gasteiger partial charge is 0.251 e. The second-order valence-corrected chi connectivity index (χ2v) is 6.63. The van der Waals surface area contributed by atoms with E-state index in [0.717, 1.165) is 6.26 Å². The van der Waals surface area contributed by atoms with Crippen LogP contribution in [0.3, 0.4) is 0 Å². The Balaban J connectivity index is 2.67. The van der Waals surface area contributed by atoms with Crippen LogP contribution < -0.4 is 15.6 Å². The van der Waals surface area contributed by atoms with Gasteiger partial charge in [-0.15, -0.1) is 0 Å². The number of carbonyl (C=O) groups excluding carboxylic acids is 1. The van der Waals surface area contributed by atoms with Crippen molar-refractivity contribution >= 4 is 15.9 Å². The molecule has 1 heterocycles. The molecule has 8 heteroatoms. The fourth-order valence-corrected chi connectivity index (χ4v) is 2.60. The number of sulfonamides is 1. The summed E-state index contributed by atoms with van der Waals surface area (Å²) in [6.07, 6.45) is 2.42. The van der Waals surface area contributed by atoms with Crippen LogP contribution in [0, 0.1) is 0 Å². The Labute approximate surface area is 111 Å². The summed E-state index contributed by atoms with van der Waals surface area (Å²) in [7, 11) is -3.36. The standard InChI is InChI=1S/C11H17N3O4S/c1-11(2,14-19(3,17)18)7-13-10(16)8-4-5-12-9(15)6-8/h4-6,14H,7H2,1-3H3,(H,12,15)(H,13,16). The molecule has 1 aromatic rings. The van der Waals surface area contributed by atoms with Gasteiger partial charge in [0.15, 0.2) is 0 Å². The third-order valence-corrected chi connectivity index (χ3v) is 3.11. The van der Waals surface area contributed by atoms with Crippen LogP contribution in [0.2, 0.25) is 0 Å². The highest BCUT2D eigenvalue weighted by molar-refractivity contribution is 7.88. The number of aromatic amines is 1. The maximum Gasteiger partial charge on any atom is 0.251 e. The minimum atomic E-state index is -3.36. The predicted molar refractivity (Wildman–Crippen MR) is 71.5 cm³/mol. The zero-order chi connectivity index (χ0) is 14.7. The number of H-pyrrole nitrogens is 1. The molecule has 0 aliphatic heterocycles. The van der Waals surface area contributed by atoms with Gasteiger partial charge in [-0.3, -0.25) is 9.59 Å². The van der Waals surface area contributed by atoms with Crippen molar-refractivity contribution in [3.8, 4) is 0 Å². The third kappa shape index (κ3) is 5.66. The molecule has 0 aromatic carbocycles. The third-order valence-electron chi connectivity index (χ3n) is 2.19. The highest BCUT2D eigenvalue weighted by Crippen LogP contribution is 2.03. The van der Waals surface area contributed by atoms with Crippen LogP contribution in [0.15, 0.2) is 23.1 Å². The zero-order valence-corrected chi connectivity index (χ0v) is 11.8. The van der Waals surface area contributed by atoms with Crippen molar-refractivity contribution in [1.82, 2.24) is 15.0 Å². The van der Waals surface area contributed by atoms with E-state index in [0.29, 0.717) is 0 Å². The van der Waals surface area contributed by atoms with Gasteiger partial charge in [0.25, 0.3) is 5.91 Å². The lowest BCUT2D eigenvalue weighted by Gasteiger charge is -2.25. The Bertz CT molecular complexity index is 619. The van der Waals surface area contributed by atoms with Gasteiger partial charge in [0, 0.05) is 29.9 Å². The molecule has 0 saturated heterocycles. The van der Waals surface area contributed by atoms with Crippen molar-refractivity contribution in [3.05, 3.63) is 34.2 Å². The molecule has 106 valence electrons. The van der Waals surface area contributed by atoms with Crippen LogP contribution in [0.25, 0.3) is 0 Å². The highest BCUT2D eigenvalue weighted by atomic mass is 32.2. The van der Waals surface area contributed by atoms with Crippen LogP contribution in [-0.4, -0.2) is 37.6 Å². The van der Waals surface area contributed by atoms with Crippen LogP contribution in [0.1, 0.15) is 24.2 Å².